The van der Waals surface area contributed by atoms with Crippen molar-refractivity contribution in [2.45, 2.75) is 25.6 Å². The molecular formula is C31H30FN3O4. The Morgan fingerprint density at radius 3 is 2.23 bits per heavy atom. The third kappa shape index (κ3) is 7.19. The van der Waals surface area contributed by atoms with E-state index in [-0.39, 0.29) is 37.1 Å². The number of carbonyl (C=O) groups is 2. The van der Waals surface area contributed by atoms with Crippen molar-refractivity contribution in [1.29, 1.82) is 0 Å². The molecule has 1 heterocycles. The van der Waals surface area contributed by atoms with E-state index in [9.17, 15) is 14.0 Å². The molecule has 1 atom stereocenters. The van der Waals surface area contributed by atoms with Crippen LogP contribution in [0, 0.1) is 5.82 Å². The van der Waals surface area contributed by atoms with E-state index >= 15 is 0 Å². The van der Waals surface area contributed by atoms with E-state index in [0.717, 1.165) is 0 Å². The summed E-state index contributed by atoms with van der Waals surface area (Å²) in [6.45, 7) is 0.306. The first-order valence-corrected chi connectivity index (χ1v) is 12.5. The highest BCUT2D eigenvalue weighted by Gasteiger charge is 2.31. The van der Waals surface area contributed by atoms with E-state index in [2.05, 4.69) is 10.3 Å². The smallest absolute Gasteiger partial charge is 0.247 e. The van der Waals surface area contributed by atoms with Crippen molar-refractivity contribution in [3.8, 4) is 11.5 Å². The first-order valence-electron chi connectivity index (χ1n) is 12.5. The number of pyridine rings is 1. The second-order valence-corrected chi connectivity index (χ2v) is 8.87. The topological polar surface area (TPSA) is 80.8 Å². The largest absolute Gasteiger partial charge is 0.493 e. The fourth-order valence-corrected chi connectivity index (χ4v) is 4.26. The summed E-state index contributed by atoms with van der Waals surface area (Å²) in [5.74, 6) is 0.0335. The maximum atomic E-state index is 13.9. The lowest BCUT2D eigenvalue weighted by Gasteiger charge is -2.32. The molecule has 0 spiro atoms. The van der Waals surface area contributed by atoms with Gasteiger partial charge in [-0.05, 0) is 53.1 Å². The van der Waals surface area contributed by atoms with E-state index < -0.39 is 6.04 Å². The van der Waals surface area contributed by atoms with Gasteiger partial charge in [0.25, 0.3) is 0 Å². The summed E-state index contributed by atoms with van der Waals surface area (Å²) < 4.78 is 24.4. The maximum Gasteiger partial charge on any atom is 0.247 e. The number of nitrogens with zero attached hydrogens (tertiary/aromatic N) is 2. The number of rotatable bonds is 11. The second-order valence-electron chi connectivity index (χ2n) is 8.87. The van der Waals surface area contributed by atoms with Gasteiger partial charge in [0, 0.05) is 12.7 Å². The molecule has 0 aliphatic carbocycles. The molecule has 0 saturated heterocycles. The average Bonchev–Trinajstić information content (AvgIpc) is 2.97. The van der Waals surface area contributed by atoms with Gasteiger partial charge in [0.2, 0.25) is 11.8 Å². The number of hydrogen-bond acceptors (Lipinski definition) is 5. The summed E-state index contributed by atoms with van der Waals surface area (Å²) in [7, 11) is 3.07. The predicted molar refractivity (Wildman–Crippen MR) is 145 cm³/mol. The predicted octanol–water partition coefficient (Wildman–Crippen LogP) is 4.87. The van der Waals surface area contributed by atoms with Gasteiger partial charge >= 0.3 is 0 Å². The van der Waals surface area contributed by atoms with Crippen molar-refractivity contribution in [1.82, 2.24) is 15.2 Å². The number of hydrogen-bond donors (Lipinski definition) is 1. The minimum Gasteiger partial charge on any atom is -0.493 e. The highest BCUT2D eigenvalue weighted by atomic mass is 19.1. The van der Waals surface area contributed by atoms with Crippen LogP contribution < -0.4 is 14.8 Å². The highest BCUT2D eigenvalue weighted by Crippen LogP contribution is 2.29. The van der Waals surface area contributed by atoms with E-state index in [0.29, 0.717) is 33.9 Å². The fourth-order valence-electron chi connectivity index (χ4n) is 4.26. The number of halogens is 1. The number of nitrogens with one attached hydrogen (secondary N) is 1. The number of amides is 2. The Kier molecular flexibility index (Phi) is 9.24. The van der Waals surface area contributed by atoms with Crippen LogP contribution in [0.5, 0.6) is 11.5 Å². The Balaban J connectivity index is 1.68. The van der Waals surface area contributed by atoms with Gasteiger partial charge in [-0.1, -0.05) is 54.6 Å². The van der Waals surface area contributed by atoms with Crippen LogP contribution in [0.1, 0.15) is 28.4 Å². The molecule has 39 heavy (non-hydrogen) atoms. The summed E-state index contributed by atoms with van der Waals surface area (Å²) in [4.78, 5) is 33.4. The molecule has 4 rings (SSSR count). The number of benzene rings is 3. The fraction of sp³-hybridized carbons (Fsp3) is 0.194. The van der Waals surface area contributed by atoms with Gasteiger partial charge < -0.3 is 19.7 Å². The lowest BCUT2D eigenvalue weighted by molar-refractivity contribution is -0.141. The van der Waals surface area contributed by atoms with Crippen LogP contribution in [0.25, 0.3) is 0 Å². The molecule has 3 aromatic carbocycles. The van der Waals surface area contributed by atoms with Gasteiger partial charge in [-0.3, -0.25) is 14.6 Å². The molecule has 0 bridgehead atoms. The Labute approximate surface area is 227 Å². The zero-order valence-corrected chi connectivity index (χ0v) is 21.8. The van der Waals surface area contributed by atoms with Crippen molar-refractivity contribution < 1.29 is 23.5 Å². The molecule has 4 aromatic rings. The molecule has 0 saturated carbocycles. The van der Waals surface area contributed by atoms with Gasteiger partial charge in [0.15, 0.2) is 11.5 Å². The van der Waals surface area contributed by atoms with E-state index in [1.807, 2.05) is 42.5 Å². The van der Waals surface area contributed by atoms with E-state index in [1.165, 1.54) is 24.1 Å². The van der Waals surface area contributed by atoms with Gasteiger partial charge in [-0.25, -0.2) is 4.39 Å². The molecule has 2 amide bonds. The SMILES string of the molecule is COc1ccc(CC(=O)N(Cc2ccc(F)cc2)C(C(=O)NCc2ccccn2)c2ccccc2)cc1OC. The van der Waals surface area contributed by atoms with E-state index in [1.54, 1.807) is 49.7 Å². The van der Waals surface area contributed by atoms with Gasteiger partial charge in [-0.2, -0.15) is 0 Å². The van der Waals surface area contributed by atoms with Crippen molar-refractivity contribution in [2.75, 3.05) is 14.2 Å². The Hall–Kier alpha value is -4.72. The molecule has 1 unspecified atom stereocenters. The van der Waals surface area contributed by atoms with Crippen molar-refractivity contribution in [3.05, 3.63) is 125 Å². The van der Waals surface area contributed by atoms with Gasteiger partial charge in [0.1, 0.15) is 11.9 Å². The first-order chi connectivity index (χ1) is 19.0. The number of aromatic nitrogens is 1. The maximum absolute atomic E-state index is 13.9. The van der Waals surface area contributed by atoms with Crippen LogP contribution in [0.3, 0.4) is 0 Å². The van der Waals surface area contributed by atoms with Crippen molar-refractivity contribution in [2.24, 2.45) is 0 Å². The minimum absolute atomic E-state index is 0.0123. The summed E-state index contributed by atoms with van der Waals surface area (Å²) in [6.07, 6.45) is 1.67. The Bertz CT molecular complexity index is 1380. The summed E-state index contributed by atoms with van der Waals surface area (Å²) >= 11 is 0. The standard InChI is InChI=1S/C31H30FN3O4/c1-38-27-16-13-23(18-28(27)39-2)19-29(36)35(21-22-11-14-25(32)15-12-22)30(24-8-4-3-5-9-24)31(37)34-20-26-10-6-7-17-33-26/h3-18,30H,19-21H2,1-2H3,(H,34,37). The number of methoxy groups -OCH3 is 2. The Morgan fingerprint density at radius 2 is 1.56 bits per heavy atom. The molecule has 7 nitrogen and oxygen atoms in total. The number of ether oxygens (including phenoxy) is 2. The zero-order chi connectivity index (χ0) is 27.6. The molecule has 200 valence electrons. The lowest BCUT2D eigenvalue weighted by atomic mass is 10.0. The van der Waals surface area contributed by atoms with Crippen molar-refractivity contribution in [3.63, 3.8) is 0 Å². The summed E-state index contributed by atoms with van der Waals surface area (Å²) in [5.41, 5.74) is 2.73. The molecule has 0 radical (unpaired) electrons. The summed E-state index contributed by atoms with van der Waals surface area (Å²) in [6, 6.07) is 24.8. The Morgan fingerprint density at radius 1 is 0.872 bits per heavy atom. The molecule has 8 heteroatoms. The zero-order valence-electron chi connectivity index (χ0n) is 21.8. The van der Waals surface area contributed by atoms with Crippen LogP contribution in [0.4, 0.5) is 4.39 Å². The van der Waals surface area contributed by atoms with E-state index in [4.69, 9.17) is 9.47 Å². The van der Waals surface area contributed by atoms with Crippen LogP contribution in [0.2, 0.25) is 0 Å². The molecule has 0 aliphatic heterocycles. The monoisotopic (exact) mass is 527 g/mol. The third-order valence-corrected chi connectivity index (χ3v) is 6.24. The third-order valence-electron chi connectivity index (χ3n) is 6.24. The minimum atomic E-state index is -0.937. The van der Waals surface area contributed by atoms with Crippen LogP contribution >= 0.6 is 0 Å². The number of carbonyl (C=O) groups excluding carboxylic acids is 2. The van der Waals surface area contributed by atoms with Gasteiger partial charge in [0.05, 0.1) is 32.9 Å². The first kappa shape index (κ1) is 27.3. The van der Waals surface area contributed by atoms with Crippen LogP contribution in [-0.4, -0.2) is 35.9 Å². The average molecular weight is 528 g/mol. The molecule has 0 aliphatic rings. The molecule has 1 N–H and O–H groups in total. The normalized spacial score (nSPS) is 11.4. The van der Waals surface area contributed by atoms with Crippen LogP contribution in [-0.2, 0) is 29.1 Å². The quantitative estimate of drug-likeness (QED) is 0.301. The molecule has 1 aromatic heterocycles. The summed E-state index contributed by atoms with van der Waals surface area (Å²) in [5, 5.41) is 2.93. The molecular weight excluding hydrogens is 497 g/mol. The van der Waals surface area contributed by atoms with Crippen molar-refractivity contribution >= 4 is 11.8 Å². The molecule has 0 fully saturated rings. The lowest BCUT2D eigenvalue weighted by Crippen LogP contribution is -2.44. The van der Waals surface area contributed by atoms with Crippen LogP contribution in [0.15, 0.2) is 97.2 Å². The second kappa shape index (κ2) is 13.2. The van der Waals surface area contributed by atoms with Gasteiger partial charge in [-0.15, -0.1) is 0 Å². The highest BCUT2D eigenvalue weighted by molar-refractivity contribution is 5.89.